The fourth-order valence-corrected chi connectivity index (χ4v) is 4.55. The van der Waals surface area contributed by atoms with Crippen molar-refractivity contribution in [1.82, 2.24) is 5.32 Å². The average Bonchev–Trinajstić information content (AvgIpc) is 3.11. The number of nitrogens with one attached hydrogen (secondary N) is 1. The van der Waals surface area contributed by atoms with E-state index in [1.807, 2.05) is 30.3 Å². The van der Waals surface area contributed by atoms with Gasteiger partial charge < -0.3 is 15.3 Å². The summed E-state index contributed by atoms with van der Waals surface area (Å²) in [6, 6.07) is 15.6. The van der Waals surface area contributed by atoms with Crippen molar-refractivity contribution in [3.63, 3.8) is 0 Å². The molecule has 0 saturated heterocycles. The van der Waals surface area contributed by atoms with Gasteiger partial charge in [-0.05, 0) is 35.9 Å². The van der Waals surface area contributed by atoms with E-state index in [-0.39, 0.29) is 18.1 Å². The summed E-state index contributed by atoms with van der Waals surface area (Å²) in [4.78, 5) is 12.4. The lowest BCUT2D eigenvalue weighted by Crippen LogP contribution is -2.43. The van der Waals surface area contributed by atoms with Crippen LogP contribution in [0.1, 0.15) is 16.1 Å². The Hall–Kier alpha value is -3.72. The molecular formula is C23H19FN2O5S. The topological polar surface area (TPSA) is 99.4 Å². The summed E-state index contributed by atoms with van der Waals surface area (Å²) in [6.07, 6.45) is 2.51. The molecule has 0 spiro atoms. The number of carbonyl (C=O) groups is 1. The van der Waals surface area contributed by atoms with E-state index in [4.69, 9.17) is 4.74 Å². The van der Waals surface area contributed by atoms with Crippen molar-refractivity contribution in [2.45, 2.75) is 12.6 Å². The van der Waals surface area contributed by atoms with Crippen LogP contribution in [0.4, 0.5) is 4.39 Å². The SMILES string of the molecule is O=C(N[C@@H]1C=CS(=O)(=O)C1)c1ccc(-c2cc(F)ccc2OCc2ccccc2)c[n+]1[O-]. The number of pyridine rings is 1. The molecule has 2 aromatic carbocycles. The Balaban J connectivity index is 1.55. The quantitative estimate of drug-likeness (QED) is 0.456. The molecule has 7 nitrogen and oxygen atoms in total. The Morgan fingerprint density at radius 3 is 2.62 bits per heavy atom. The highest BCUT2D eigenvalue weighted by atomic mass is 32.2. The minimum absolute atomic E-state index is 0.213. The van der Waals surface area contributed by atoms with E-state index in [2.05, 4.69) is 5.32 Å². The van der Waals surface area contributed by atoms with Gasteiger partial charge in [0, 0.05) is 17.0 Å². The van der Waals surface area contributed by atoms with Gasteiger partial charge in [0.05, 0.1) is 17.4 Å². The number of carbonyl (C=O) groups excluding carboxylic acids is 1. The van der Waals surface area contributed by atoms with Crippen molar-refractivity contribution in [3.05, 3.63) is 101 Å². The van der Waals surface area contributed by atoms with E-state index in [1.54, 1.807) is 0 Å². The van der Waals surface area contributed by atoms with Gasteiger partial charge in [-0.15, -0.1) is 0 Å². The van der Waals surface area contributed by atoms with Gasteiger partial charge in [-0.2, -0.15) is 4.73 Å². The molecular weight excluding hydrogens is 435 g/mol. The van der Waals surface area contributed by atoms with Crippen LogP contribution in [0.3, 0.4) is 0 Å². The van der Waals surface area contributed by atoms with Crippen LogP contribution in [0, 0.1) is 11.0 Å². The van der Waals surface area contributed by atoms with Crippen LogP contribution in [0.15, 0.2) is 78.3 Å². The van der Waals surface area contributed by atoms with Gasteiger partial charge in [0.15, 0.2) is 16.0 Å². The molecule has 164 valence electrons. The Morgan fingerprint density at radius 2 is 1.94 bits per heavy atom. The second kappa shape index (κ2) is 8.80. The smallest absolute Gasteiger partial charge is 0.317 e. The molecule has 1 amide bonds. The summed E-state index contributed by atoms with van der Waals surface area (Å²) in [7, 11) is -3.34. The number of halogens is 1. The van der Waals surface area contributed by atoms with E-state index in [1.165, 1.54) is 36.4 Å². The van der Waals surface area contributed by atoms with E-state index in [0.29, 0.717) is 21.6 Å². The first-order valence-corrected chi connectivity index (χ1v) is 11.4. The lowest BCUT2D eigenvalue weighted by molar-refractivity contribution is -0.607. The number of hydrogen-bond donors (Lipinski definition) is 1. The molecule has 0 bridgehead atoms. The summed E-state index contributed by atoms with van der Waals surface area (Å²) < 4.78 is 43.1. The largest absolute Gasteiger partial charge is 0.618 e. The van der Waals surface area contributed by atoms with Crippen molar-refractivity contribution >= 4 is 15.7 Å². The lowest BCUT2D eigenvalue weighted by Gasteiger charge is -2.13. The summed E-state index contributed by atoms with van der Waals surface area (Å²) in [5.41, 5.74) is 1.44. The molecule has 0 radical (unpaired) electrons. The van der Waals surface area contributed by atoms with Crippen LogP contribution < -0.4 is 14.8 Å². The zero-order valence-corrected chi connectivity index (χ0v) is 17.6. The molecule has 2 heterocycles. The van der Waals surface area contributed by atoms with Gasteiger partial charge in [0.2, 0.25) is 0 Å². The summed E-state index contributed by atoms with van der Waals surface area (Å²) in [5.74, 6) is -1.08. The molecule has 4 rings (SSSR count). The predicted molar refractivity (Wildman–Crippen MR) is 116 cm³/mol. The van der Waals surface area contributed by atoms with Crippen molar-refractivity contribution in [1.29, 1.82) is 0 Å². The molecule has 9 heteroatoms. The van der Waals surface area contributed by atoms with Crippen LogP contribution >= 0.6 is 0 Å². The van der Waals surface area contributed by atoms with Crippen LogP contribution in [-0.4, -0.2) is 26.1 Å². The van der Waals surface area contributed by atoms with Gasteiger partial charge in [0.25, 0.3) is 5.69 Å². The molecule has 0 unspecified atom stereocenters. The first-order valence-electron chi connectivity index (χ1n) is 9.72. The molecule has 32 heavy (non-hydrogen) atoms. The third-order valence-electron chi connectivity index (χ3n) is 4.88. The maximum Gasteiger partial charge on any atom is 0.317 e. The standard InChI is InChI=1S/C23H19FN2O5S/c24-18-7-9-22(31-14-16-4-2-1-3-5-16)20(12-18)17-6-8-21(26(28)13-17)23(27)25-19-10-11-32(29,30)15-19/h1-13,19H,14-15H2,(H,25,27)/t19-/m1/s1. The molecule has 1 atom stereocenters. The maximum absolute atomic E-state index is 13.9. The Kier molecular flexibility index (Phi) is 5.91. The first-order chi connectivity index (χ1) is 15.3. The molecule has 1 aliphatic heterocycles. The number of hydrogen-bond acceptors (Lipinski definition) is 5. The third-order valence-corrected chi connectivity index (χ3v) is 6.28. The Labute approximate surface area is 184 Å². The van der Waals surface area contributed by atoms with Crippen molar-refractivity contribution in [2.24, 2.45) is 0 Å². The van der Waals surface area contributed by atoms with Gasteiger partial charge in [-0.25, -0.2) is 12.8 Å². The molecule has 0 aliphatic carbocycles. The molecule has 0 saturated carbocycles. The van der Waals surface area contributed by atoms with Gasteiger partial charge >= 0.3 is 5.91 Å². The third kappa shape index (κ3) is 4.94. The van der Waals surface area contributed by atoms with Crippen LogP contribution in [0.25, 0.3) is 11.1 Å². The van der Waals surface area contributed by atoms with E-state index in [0.717, 1.165) is 17.2 Å². The van der Waals surface area contributed by atoms with Gasteiger partial charge in [-0.3, -0.25) is 4.79 Å². The van der Waals surface area contributed by atoms with Gasteiger partial charge in [0.1, 0.15) is 18.2 Å². The first kappa shape index (κ1) is 21.5. The molecule has 1 N–H and O–H groups in total. The average molecular weight is 454 g/mol. The summed E-state index contributed by atoms with van der Waals surface area (Å²) >= 11 is 0. The fourth-order valence-electron chi connectivity index (χ4n) is 3.31. The van der Waals surface area contributed by atoms with Crippen molar-refractivity contribution in [2.75, 3.05) is 5.75 Å². The highest BCUT2D eigenvalue weighted by Crippen LogP contribution is 2.31. The highest BCUT2D eigenvalue weighted by Gasteiger charge is 2.26. The van der Waals surface area contributed by atoms with E-state index in [9.17, 15) is 22.8 Å². The van der Waals surface area contributed by atoms with E-state index >= 15 is 0 Å². The zero-order valence-electron chi connectivity index (χ0n) is 16.8. The minimum Gasteiger partial charge on any atom is -0.618 e. The molecule has 0 fully saturated rings. The van der Waals surface area contributed by atoms with Crippen LogP contribution in [0.5, 0.6) is 5.75 Å². The number of ether oxygens (including phenoxy) is 1. The van der Waals surface area contributed by atoms with Crippen molar-refractivity contribution in [3.8, 4) is 16.9 Å². The van der Waals surface area contributed by atoms with Crippen LogP contribution in [0.2, 0.25) is 0 Å². The van der Waals surface area contributed by atoms with Crippen molar-refractivity contribution < 1.29 is 27.1 Å². The summed E-state index contributed by atoms with van der Waals surface area (Å²) in [6.45, 7) is 0.259. The van der Waals surface area contributed by atoms with Gasteiger partial charge in [-0.1, -0.05) is 30.3 Å². The Morgan fingerprint density at radius 1 is 1.16 bits per heavy atom. The number of nitrogens with zero attached hydrogens (tertiary/aromatic N) is 1. The number of sulfone groups is 1. The Bertz CT molecular complexity index is 1290. The fraction of sp³-hybridized carbons (Fsp3) is 0.130. The minimum atomic E-state index is -3.34. The second-order valence-corrected chi connectivity index (χ2v) is 9.21. The highest BCUT2D eigenvalue weighted by molar-refractivity contribution is 7.94. The number of benzene rings is 2. The zero-order chi connectivity index (χ0) is 22.7. The summed E-state index contributed by atoms with van der Waals surface area (Å²) in [5, 5.41) is 16.1. The molecule has 3 aromatic rings. The van der Waals surface area contributed by atoms with E-state index < -0.39 is 27.6 Å². The molecule has 1 aliphatic rings. The monoisotopic (exact) mass is 454 g/mol. The maximum atomic E-state index is 13.9. The predicted octanol–water partition coefficient (Wildman–Crippen LogP) is 2.75. The number of rotatable bonds is 6. The normalized spacial score (nSPS) is 16.6. The lowest BCUT2D eigenvalue weighted by atomic mass is 10.1. The number of aromatic nitrogens is 1. The second-order valence-electron chi connectivity index (χ2n) is 7.28. The van der Waals surface area contributed by atoms with Crippen LogP contribution in [-0.2, 0) is 16.4 Å². The molecule has 1 aromatic heterocycles. The number of amides is 1.